The second-order valence-corrected chi connectivity index (χ2v) is 5.18. The molecule has 1 amide bonds. The van der Waals surface area contributed by atoms with Crippen LogP contribution in [0.25, 0.3) is 10.9 Å². The number of carbonyl (C=O) groups excluding carboxylic acids is 1. The van der Waals surface area contributed by atoms with Gasteiger partial charge in [0.2, 0.25) is 5.91 Å². The fourth-order valence-electron chi connectivity index (χ4n) is 2.35. The van der Waals surface area contributed by atoms with Crippen molar-refractivity contribution in [3.05, 3.63) is 71.7 Å². The number of amides is 1. The summed E-state index contributed by atoms with van der Waals surface area (Å²) in [6, 6.07) is 15.4. The van der Waals surface area contributed by atoms with Gasteiger partial charge in [-0.2, -0.15) is 0 Å². The van der Waals surface area contributed by atoms with E-state index in [0.717, 1.165) is 27.8 Å². The first kappa shape index (κ1) is 14.2. The standard InChI is InChI=1S/C18H15FN2O/c1-12-5-10-15-16(20-12)3-2-4-17(15)21-18(22)11-13-6-8-14(19)9-7-13/h2-10H,11H2,1H3,(H,21,22). The molecule has 0 bridgehead atoms. The van der Waals surface area contributed by atoms with Gasteiger partial charge in [-0.25, -0.2) is 4.39 Å². The zero-order chi connectivity index (χ0) is 15.5. The van der Waals surface area contributed by atoms with Crippen molar-refractivity contribution in [1.29, 1.82) is 0 Å². The van der Waals surface area contributed by atoms with Gasteiger partial charge in [-0.3, -0.25) is 9.78 Å². The minimum absolute atomic E-state index is 0.139. The summed E-state index contributed by atoms with van der Waals surface area (Å²) in [5.74, 6) is -0.445. The normalized spacial score (nSPS) is 10.6. The second kappa shape index (κ2) is 5.93. The van der Waals surface area contributed by atoms with Crippen LogP contribution >= 0.6 is 0 Å². The number of benzene rings is 2. The zero-order valence-electron chi connectivity index (χ0n) is 12.1. The quantitative estimate of drug-likeness (QED) is 0.797. The van der Waals surface area contributed by atoms with Gasteiger partial charge in [-0.05, 0) is 48.9 Å². The maximum absolute atomic E-state index is 12.9. The van der Waals surface area contributed by atoms with Crippen molar-refractivity contribution in [1.82, 2.24) is 4.98 Å². The molecule has 0 unspecified atom stereocenters. The summed E-state index contributed by atoms with van der Waals surface area (Å²) in [7, 11) is 0. The molecule has 1 aromatic heterocycles. The van der Waals surface area contributed by atoms with Crippen molar-refractivity contribution in [2.75, 3.05) is 5.32 Å². The Morgan fingerprint density at radius 3 is 2.64 bits per heavy atom. The molecule has 0 aliphatic heterocycles. The van der Waals surface area contributed by atoms with Crippen molar-refractivity contribution in [3.8, 4) is 0 Å². The van der Waals surface area contributed by atoms with E-state index in [1.165, 1.54) is 12.1 Å². The van der Waals surface area contributed by atoms with Crippen LogP contribution in [0.5, 0.6) is 0 Å². The molecule has 3 nitrogen and oxygen atoms in total. The van der Waals surface area contributed by atoms with E-state index in [2.05, 4.69) is 10.3 Å². The Labute approximate surface area is 127 Å². The number of pyridine rings is 1. The van der Waals surface area contributed by atoms with Gasteiger partial charge in [0.05, 0.1) is 17.6 Å². The first-order valence-corrected chi connectivity index (χ1v) is 7.02. The molecule has 0 radical (unpaired) electrons. The van der Waals surface area contributed by atoms with E-state index in [1.807, 2.05) is 37.3 Å². The molecule has 0 spiro atoms. The van der Waals surface area contributed by atoms with Crippen LogP contribution in [0.15, 0.2) is 54.6 Å². The zero-order valence-corrected chi connectivity index (χ0v) is 12.1. The first-order valence-electron chi connectivity index (χ1n) is 7.02. The van der Waals surface area contributed by atoms with Crippen LogP contribution in [0, 0.1) is 12.7 Å². The summed E-state index contributed by atoms with van der Waals surface area (Å²) in [6.07, 6.45) is 0.204. The van der Waals surface area contributed by atoms with Gasteiger partial charge >= 0.3 is 0 Å². The summed E-state index contributed by atoms with van der Waals surface area (Å²) < 4.78 is 12.9. The minimum atomic E-state index is -0.306. The monoisotopic (exact) mass is 294 g/mol. The average Bonchev–Trinajstić information content (AvgIpc) is 2.49. The van der Waals surface area contributed by atoms with E-state index in [4.69, 9.17) is 0 Å². The molecule has 3 rings (SSSR count). The van der Waals surface area contributed by atoms with Gasteiger partial charge in [-0.1, -0.05) is 18.2 Å². The molecule has 3 aromatic rings. The summed E-state index contributed by atoms with van der Waals surface area (Å²) >= 11 is 0. The topological polar surface area (TPSA) is 42.0 Å². The van der Waals surface area contributed by atoms with E-state index in [0.29, 0.717) is 0 Å². The molecule has 4 heteroatoms. The molecule has 2 aromatic carbocycles. The predicted octanol–water partition coefficient (Wildman–Crippen LogP) is 3.86. The van der Waals surface area contributed by atoms with Crippen LogP contribution in [0.4, 0.5) is 10.1 Å². The van der Waals surface area contributed by atoms with Crippen LogP contribution < -0.4 is 5.32 Å². The van der Waals surface area contributed by atoms with Crippen molar-refractivity contribution in [2.45, 2.75) is 13.3 Å². The maximum Gasteiger partial charge on any atom is 0.228 e. The maximum atomic E-state index is 12.9. The Kier molecular flexibility index (Phi) is 3.83. The van der Waals surface area contributed by atoms with E-state index in [9.17, 15) is 9.18 Å². The summed E-state index contributed by atoms with van der Waals surface area (Å²) in [5, 5.41) is 3.80. The molecule has 0 aliphatic carbocycles. The Bertz CT molecular complexity index is 828. The first-order chi connectivity index (χ1) is 10.6. The van der Waals surface area contributed by atoms with Gasteiger partial charge in [0.1, 0.15) is 5.82 Å². The number of hydrogen-bond acceptors (Lipinski definition) is 2. The number of halogens is 1. The van der Waals surface area contributed by atoms with Crippen LogP contribution in [0.3, 0.4) is 0 Å². The SMILES string of the molecule is Cc1ccc2c(NC(=O)Cc3ccc(F)cc3)cccc2n1. The molecular weight excluding hydrogens is 279 g/mol. The average molecular weight is 294 g/mol. The van der Waals surface area contributed by atoms with E-state index in [-0.39, 0.29) is 18.1 Å². The lowest BCUT2D eigenvalue weighted by Crippen LogP contribution is -2.14. The third kappa shape index (κ3) is 3.11. The summed E-state index contributed by atoms with van der Waals surface area (Å²) in [6.45, 7) is 1.93. The lowest BCUT2D eigenvalue weighted by molar-refractivity contribution is -0.115. The van der Waals surface area contributed by atoms with E-state index < -0.39 is 0 Å². The molecule has 0 saturated carbocycles. The molecule has 0 aliphatic rings. The molecular formula is C18H15FN2O. The molecule has 0 saturated heterocycles. The Balaban J connectivity index is 1.80. The van der Waals surface area contributed by atoms with Crippen LogP contribution in [0.2, 0.25) is 0 Å². The lowest BCUT2D eigenvalue weighted by atomic mass is 10.1. The number of fused-ring (bicyclic) bond motifs is 1. The molecule has 22 heavy (non-hydrogen) atoms. The number of nitrogens with one attached hydrogen (secondary N) is 1. The summed E-state index contributed by atoms with van der Waals surface area (Å²) in [4.78, 5) is 16.6. The molecule has 1 heterocycles. The highest BCUT2D eigenvalue weighted by molar-refractivity contribution is 6.01. The van der Waals surface area contributed by atoms with Gasteiger partial charge in [0.25, 0.3) is 0 Å². The second-order valence-electron chi connectivity index (χ2n) is 5.18. The number of hydrogen-bond donors (Lipinski definition) is 1. The lowest BCUT2D eigenvalue weighted by Gasteiger charge is -2.09. The third-order valence-corrected chi connectivity index (χ3v) is 3.42. The smallest absolute Gasteiger partial charge is 0.228 e. The van der Waals surface area contributed by atoms with Crippen molar-refractivity contribution in [2.24, 2.45) is 0 Å². The Morgan fingerprint density at radius 1 is 1.09 bits per heavy atom. The Hall–Kier alpha value is -2.75. The molecule has 0 fully saturated rings. The highest BCUT2D eigenvalue weighted by Gasteiger charge is 2.07. The number of rotatable bonds is 3. The van der Waals surface area contributed by atoms with Crippen LogP contribution in [-0.4, -0.2) is 10.9 Å². The number of aromatic nitrogens is 1. The largest absolute Gasteiger partial charge is 0.325 e. The van der Waals surface area contributed by atoms with Crippen molar-refractivity contribution < 1.29 is 9.18 Å². The van der Waals surface area contributed by atoms with Crippen molar-refractivity contribution >= 4 is 22.5 Å². The van der Waals surface area contributed by atoms with Crippen LogP contribution in [-0.2, 0) is 11.2 Å². The molecule has 0 atom stereocenters. The Morgan fingerprint density at radius 2 is 1.86 bits per heavy atom. The minimum Gasteiger partial charge on any atom is -0.325 e. The number of aryl methyl sites for hydroxylation is 1. The van der Waals surface area contributed by atoms with Crippen LogP contribution in [0.1, 0.15) is 11.3 Å². The fraction of sp³-hybridized carbons (Fsp3) is 0.111. The van der Waals surface area contributed by atoms with Gasteiger partial charge in [-0.15, -0.1) is 0 Å². The predicted molar refractivity (Wildman–Crippen MR) is 85.2 cm³/mol. The van der Waals surface area contributed by atoms with Gasteiger partial charge in [0, 0.05) is 11.1 Å². The number of carbonyl (C=O) groups is 1. The van der Waals surface area contributed by atoms with Crippen molar-refractivity contribution in [3.63, 3.8) is 0 Å². The van der Waals surface area contributed by atoms with Gasteiger partial charge < -0.3 is 5.32 Å². The highest BCUT2D eigenvalue weighted by Crippen LogP contribution is 2.22. The number of anilines is 1. The highest BCUT2D eigenvalue weighted by atomic mass is 19.1. The third-order valence-electron chi connectivity index (χ3n) is 3.42. The molecule has 1 N–H and O–H groups in total. The van der Waals surface area contributed by atoms with Gasteiger partial charge in [0.15, 0.2) is 0 Å². The summed E-state index contributed by atoms with van der Waals surface area (Å²) in [5.41, 5.74) is 3.28. The fourth-order valence-corrected chi connectivity index (χ4v) is 2.35. The van der Waals surface area contributed by atoms with E-state index in [1.54, 1.807) is 12.1 Å². The van der Waals surface area contributed by atoms with E-state index >= 15 is 0 Å². The molecule has 110 valence electrons. The number of nitrogens with zero attached hydrogens (tertiary/aromatic N) is 1.